The molecule has 1 nitrogen and oxygen atoms in total. The molecule has 0 heterocycles. The van der Waals surface area contributed by atoms with Crippen LogP contribution in [0.25, 0.3) is 0 Å². The lowest BCUT2D eigenvalue weighted by molar-refractivity contribution is 0.583. The second kappa shape index (κ2) is 4.40. The molecule has 0 amide bonds. The molecule has 0 fully saturated rings. The highest BCUT2D eigenvalue weighted by Gasteiger charge is 2.09. The Morgan fingerprint density at radius 1 is 1.62 bits per heavy atom. The SMILES string of the molecule is C=CC[C@H](N)c1cc(Cl)ccc1F. The molecule has 0 aliphatic carbocycles. The predicted molar refractivity (Wildman–Crippen MR) is 53.2 cm³/mol. The highest BCUT2D eigenvalue weighted by Crippen LogP contribution is 2.21. The van der Waals surface area contributed by atoms with Crippen LogP contribution in [0.5, 0.6) is 0 Å². The fraction of sp³-hybridized carbons (Fsp3) is 0.200. The van der Waals surface area contributed by atoms with Gasteiger partial charge in [-0.25, -0.2) is 4.39 Å². The first-order valence-corrected chi connectivity index (χ1v) is 4.34. The molecule has 1 aromatic rings. The predicted octanol–water partition coefficient (Wildman–Crippen LogP) is 3.06. The first-order chi connectivity index (χ1) is 6.15. The first kappa shape index (κ1) is 10.2. The molecule has 1 aromatic carbocycles. The smallest absolute Gasteiger partial charge is 0.128 e. The molecule has 0 radical (unpaired) electrons. The highest BCUT2D eigenvalue weighted by atomic mass is 35.5. The van der Waals surface area contributed by atoms with Crippen molar-refractivity contribution in [2.24, 2.45) is 5.73 Å². The molecule has 0 unspecified atom stereocenters. The number of rotatable bonds is 3. The van der Waals surface area contributed by atoms with Gasteiger partial charge in [0.15, 0.2) is 0 Å². The van der Waals surface area contributed by atoms with Crippen LogP contribution in [0, 0.1) is 5.82 Å². The summed E-state index contributed by atoms with van der Waals surface area (Å²) in [5, 5.41) is 0.496. The van der Waals surface area contributed by atoms with Crippen molar-refractivity contribution >= 4 is 11.6 Å². The molecular weight excluding hydrogens is 189 g/mol. The molecule has 1 rings (SSSR count). The highest BCUT2D eigenvalue weighted by molar-refractivity contribution is 6.30. The summed E-state index contributed by atoms with van der Waals surface area (Å²) in [6.45, 7) is 3.54. The molecule has 0 saturated carbocycles. The third-order valence-electron chi connectivity index (χ3n) is 1.78. The quantitative estimate of drug-likeness (QED) is 0.744. The van der Waals surface area contributed by atoms with Gasteiger partial charge in [-0.1, -0.05) is 17.7 Å². The van der Waals surface area contributed by atoms with E-state index in [0.29, 0.717) is 17.0 Å². The van der Waals surface area contributed by atoms with Gasteiger partial charge in [0.1, 0.15) is 5.82 Å². The fourth-order valence-electron chi connectivity index (χ4n) is 1.11. The summed E-state index contributed by atoms with van der Waals surface area (Å²) in [6.07, 6.45) is 2.20. The van der Waals surface area contributed by atoms with Crippen LogP contribution in [0.4, 0.5) is 4.39 Å². The molecule has 2 N–H and O–H groups in total. The molecule has 13 heavy (non-hydrogen) atoms. The lowest BCUT2D eigenvalue weighted by Crippen LogP contribution is -2.10. The Kier molecular flexibility index (Phi) is 3.46. The number of nitrogens with two attached hydrogens (primary N) is 1. The van der Waals surface area contributed by atoms with E-state index in [9.17, 15) is 4.39 Å². The minimum atomic E-state index is -0.365. The Balaban J connectivity index is 2.97. The van der Waals surface area contributed by atoms with Crippen molar-refractivity contribution in [1.29, 1.82) is 0 Å². The van der Waals surface area contributed by atoms with E-state index in [1.807, 2.05) is 0 Å². The van der Waals surface area contributed by atoms with Crippen LogP contribution in [0.15, 0.2) is 30.9 Å². The molecule has 0 saturated heterocycles. The third-order valence-corrected chi connectivity index (χ3v) is 2.01. The standard InChI is InChI=1S/C10H11ClFN/c1-2-3-10(13)8-6-7(11)4-5-9(8)12/h2,4-6,10H,1,3,13H2/t10-/m0/s1. The van der Waals surface area contributed by atoms with Crippen LogP contribution in [0.1, 0.15) is 18.0 Å². The molecule has 0 aromatic heterocycles. The summed E-state index contributed by atoms with van der Waals surface area (Å²) in [5.41, 5.74) is 6.14. The molecule has 0 spiro atoms. The Morgan fingerprint density at radius 2 is 2.31 bits per heavy atom. The molecule has 70 valence electrons. The molecule has 1 atom stereocenters. The average Bonchev–Trinajstić information content (AvgIpc) is 2.09. The monoisotopic (exact) mass is 199 g/mol. The Morgan fingerprint density at radius 3 is 2.92 bits per heavy atom. The zero-order valence-corrected chi connectivity index (χ0v) is 7.89. The second-order valence-electron chi connectivity index (χ2n) is 2.80. The van der Waals surface area contributed by atoms with Crippen molar-refractivity contribution in [2.45, 2.75) is 12.5 Å². The van der Waals surface area contributed by atoms with Crippen molar-refractivity contribution in [2.75, 3.05) is 0 Å². The van der Waals surface area contributed by atoms with Crippen molar-refractivity contribution < 1.29 is 4.39 Å². The van der Waals surface area contributed by atoms with E-state index in [2.05, 4.69) is 6.58 Å². The Hall–Kier alpha value is -0.860. The maximum absolute atomic E-state index is 13.2. The summed E-state index contributed by atoms with van der Waals surface area (Å²) >= 11 is 5.71. The maximum atomic E-state index is 13.2. The van der Waals surface area contributed by atoms with E-state index in [1.54, 1.807) is 12.1 Å². The van der Waals surface area contributed by atoms with Gasteiger partial charge in [-0.2, -0.15) is 0 Å². The van der Waals surface area contributed by atoms with E-state index in [0.717, 1.165) is 0 Å². The molecular formula is C10H11ClFN. The van der Waals surface area contributed by atoms with Crippen LogP contribution in [-0.2, 0) is 0 Å². The van der Waals surface area contributed by atoms with Crippen molar-refractivity contribution in [3.8, 4) is 0 Å². The van der Waals surface area contributed by atoms with Crippen LogP contribution in [0.3, 0.4) is 0 Å². The fourth-order valence-corrected chi connectivity index (χ4v) is 1.29. The number of benzene rings is 1. The molecule has 0 aliphatic heterocycles. The van der Waals surface area contributed by atoms with Gasteiger partial charge < -0.3 is 5.73 Å². The number of hydrogen-bond acceptors (Lipinski definition) is 1. The van der Waals surface area contributed by atoms with Gasteiger partial charge >= 0.3 is 0 Å². The summed E-state index contributed by atoms with van der Waals surface area (Å²) in [6, 6.07) is 4.00. The van der Waals surface area contributed by atoms with E-state index < -0.39 is 0 Å². The van der Waals surface area contributed by atoms with Crippen LogP contribution < -0.4 is 5.73 Å². The number of hydrogen-bond donors (Lipinski definition) is 1. The lowest BCUT2D eigenvalue weighted by Gasteiger charge is -2.10. The Bertz CT molecular complexity index is 312. The van der Waals surface area contributed by atoms with E-state index in [-0.39, 0.29) is 11.9 Å². The van der Waals surface area contributed by atoms with Crippen LogP contribution in [0.2, 0.25) is 5.02 Å². The normalized spacial score (nSPS) is 12.5. The van der Waals surface area contributed by atoms with Crippen LogP contribution in [-0.4, -0.2) is 0 Å². The summed E-state index contributed by atoms with van der Waals surface area (Å²) in [7, 11) is 0. The van der Waals surface area contributed by atoms with Crippen LogP contribution >= 0.6 is 11.6 Å². The molecule has 0 aliphatic rings. The van der Waals surface area contributed by atoms with Gasteiger partial charge in [-0.05, 0) is 24.6 Å². The zero-order chi connectivity index (χ0) is 9.84. The summed E-state index contributed by atoms with van der Waals surface area (Å²) in [5.74, 6) is -0.321. The maximum Gasteiger partial charge on any atom is 0.128 e. The summed E-state index contributed by atoms with van der Waals surface area (Å²) < 4.78 is 13.2. The first-order valence-electron chi connectivity index (χ1n) is 3.96. The van der Waals surface area contributed by atoms with E-state index >= 15 is 0 Å². The largest absolute Gasteiger partial charge is 0.324 e. The van der Waals surface area contributed by atoms with E-state index in [4.69, 9.17) is 17.3 Å². The molecule has 3 heteroatoms. The molecule has 0 bridgehead atoms. The average molecular weight is 200 g/mol. The van der Waals surface area contributed by atoms with Gasteiger partial charge in [0.05, 0.1) is 0 Å². The van der Waals surface area contributed by atoms with Crippen molar-refractivity contribution in [1.82, 2.24) is 0 Å². The zero-order valence-electron chi connectivity index (χ0n) is 7.13. The number of halogens is 2. The minimum absolute atomic E-state index is 0.321. The van der Waals surface area contributed by atoms with E-state index in [1.165, 1.54) is 12.1 Å². The van der Waals surface area contributed by atoms with Gasteiger partial charge in [0.25, 0.3) is 0 Å². The summed E-state index contributed by atoms with van der Waals surface area (Å²) in [4.78, 5) is 0. The van der Waals surface area contributed by atoms with Gasteiger partial charge in [-0.3, -0.25) is 0 Å². The van der Waals surface area contributed by atoms with Crippen molar-refractivity contribution in [3.63, 3.8) is 0 Å². The third kappa shape index (κ3) is 2.54. The minimum Gasteiger partial charge on any atom is -0.324 e. The lowest BCUT2D eigenvalue weighted by atomic mass is 10.0. The van der Waals surface area contributed by atoms with Gasteiger partial charge in [-0.15, -0.1) is 6.58 Å². The Labute approximate surface area is 82.0 Å². The topological polar surface area (TPSA) is 26.0 Å². The van der Waals surface area contributed by atoms with Gasteiger partial charge in [0, 0.05) is 16.6 Å². The second-order valence-corrected chi connectivity index (χ2v) is 3.23. The van der Waals surface area contributed by atoms with Crippen molar-refractivity contribution in [3.05, 3.63) is 47.3 Å². The van der Waals surface area contributed by atoms with Gasteiger partial charge in [0.2, 0.25) is 0 Å².